The minimum atomic E-state index is -0.772. The molecule has 0 radical (unpaired) electrons. The van der Waals surface area contributed by atoms with Crippen LogP contribution in [0.2, 0.25) is 0 Å². The Hall–Kier alpha value is -2.89. The maximum absolute atomic E-state index is 12.9. The van der Waals surface area contributed by atoms with Crippen LogP contribution in [0.3, 0.4) is 0 Å². The van der Waals surface area contributed by atoms with Crippen LogP contribution in [0, 0.1) is 0 Å². The van der Waals surface area contributed by atoms with Crippen molar-refractivity contribution >= 4 is 17.9 Å². The van der Waals surface area contributed by atoms with Gasteiger partial charge < -0.3 is 14.2 Å². The number of carbonyl (C=O) groups is 3. The van der Waals surface area contributed by atoms with Gasteiger partial charge in [-0.25, -0.2) is 0 Å². The van der Waals surface area contributed by atoms with E-state index in [1.54, 1.807) is 0 Å². The van der Waals surface area contributed by atoms with Gasteiger partial charge in [-0.1, -0.05) is 293 Å². The van der Waals surface area contributed by atoms with Crippen molar-refractivity contribution in [3.05, 3.63) is 60.8 Å². The van der Waals surface area contributed by atoms with Crippen LogP contribution in [0.5, 0.6) is 0 Å². The van der Waals surface area contributed by atoms with Crippen molar-refractivity contribution in [3.8, 4) is 0 Å². The first-order chi connectivity index (χ1) is 36.5. The molecule has 0 aliphatic rings. The van der Waals surface area contributed by atoms with Crippen molar-refractivity contribution in [1.82, 2.24) is 0 Å². The number of unbranched alkanes of at least 4 members (excludes halogenated alkanes) is 38. The van der Waals surface area contributed by atoms with Gasteiger partial charge in [0.2, 0.25) is 0 Å². The second kappa shape index (κ2) is 62.6. The molecule has 0 saturated carbocycles. The summed E-state index contributed by atoms with van der Waals surface area (Å²) in [6, 6.07) is 0. The predicted molar refractivity (Wildman–Crippen MR) is 321 cm³/mol. The summed E-state index contributed by atoms with van der Waals surface area (Å²) in [6.45, 7) is 6.55. The lowest BCUT2D eigenvalue weighted by molar-refractivity contribution is -0.167. The predicted octanol–water partition coefficient (Wildman–Crippen LogP) is 21.9. The van der Waals surface area contributed by atoms with Crippen molar-refractivity contribution in [2.45, 2.75) is 341 Å². The third-order valence-corrected chi connectivity index (χ3v) is 14.3. The maximum Gasteiger partial charge on any atom is 0.306 e. The van der Waals surface area contributed by atoms with Gasteiger partial charge in [0, 0.05) is 19.3 Å². The van der Waals surface area contributed by atoms with Crippen LogP contribution in [0.1, 0.15) is 335 Å². The van der Waals surface area contributed by atoms with Gasteiger partial charge in [-0.3, -0.25) is 14.4 Å². The summed E-state index contributed by atoms with van der Waals surface area (Å²) in [5.74, 6) is -0.859. The van der Waals surface area contributed by atoms with Crippen molar-refractivity contribution in [3.63, 3.8) is 0 Å². The minimum Gasteiger partial charge on any atom is -0.462 e. The summed E-state index contributed by atoms with van der Waals surface area (Å²) in [5.41, 5.74) is 0. The second-order valence-electron chi connectivity index (χ2n) is 21.6. The molecular weight excluding hydrogens is 913 g/mol. The van der Waals surface area contributed by atoms with Gasteiger partial charge in [-0.05, 0) is 83.5 Å². The first kappa shape index (κ1) is 71.1. The largest absolute Gasteiger partial charge is 0.462 e. The molecule has 6 nitrogen and oxygen atoms in total. The molecule has 74 heavy (non-hydrogen) atoms. The Morgan fingerprint density at radius 2 is 0.527 bits per heavy atom. The molecule has 430 valence electrons. The molecule has 1 atom stereocenters. The standard InChI is InChI=1S/C68H122O6/c1-4-7-10-13-16-19-22-24-26-28-29-30-31-32-33-34-35-36-37-38-39-41-42-44-46-49-52-55-58-61-67(70)73-64-65(63-72-66(69)60-57-54-51-48-21-18-15-12-9-6-3)74-68(71)62-59-56-53-50-47-45-43-40-27-25-23-20-17-14-11-8-5-2/h7,10,16,19,24-27,29-30,65H,4-6,8-9,11-15,17-18,20-23,28,31-64H2,1-3H3/b10-7-,19-16-,26-24-,27-25-,30-29-. The Balaban J connectivity index is 4.15. The average Bonchev–Trinajstić information content (AvgIpc) is 3.40. The van der Waals surface area contributed by atoms with E-state index < -0.39 is 6.10 Å². The monoisotopic (exact) mass is 1030 g/mol. The van der Waals surface area contributed by atoms with E-state index in [1.807, 2.05) is 0 Å². The Morgan fingerprint density at radius 3 is 0.838 bits per heavy atom. The maximum atomic E-state index is 12.9. The van der Waals surface area contributed by atoms with Gasteiger partial charge in [0.05, 0.1) is 0 Å². The molecule has 0 rings (SSSR count). The van der Waals surface area contributed by atoms with Gasteiger partial charge in [-0.15, -0.1) is 0 Å². The molecule has 0 aromatic rings. The highest BCUT2D eigenvalue weighted by molar-refractivity contribution is 5.71. The quantitative estimate of drug-likeness (QED) is 0.0261. The van der Waals surface area contributed by atoms with Crippen molar-refractivity contribution in [2.24, 2.45) is 0 Å². The first-order valence-electron chi connectivity index (χ1n) is 32.3. The molecule has 0 saturated heterocycles. The SMILES string of the molecule is CC/C=C\C/C=C\C/C=C\C/C=C\CCCCCCCCCCCCCCCCCCC(=O)OCC(COC(=O)CCCCCCCCCCCC)OC(=O)CCCCCCCCC/C=C\CCCCCCCC. The van der Waals surface area contributed by atoms with Crippen LogP contribution in [0.15, 0.2) is 60.8 Å². The Bertz CT molecular complexity index is 1330. The molecule has 0 heterocycles. The van der Waals surface area contributed by atoms with Crippen LogP contribution in [-0.2, 0) is 28.6 Å². The second-order valence-corrected chi connectivity index (χ2v) is 21.6. The van der Waals surface area contributed by atoms with Gasteiger partial charge >= 0.3 is 17.9 Å². The summed E-state index contributed by atoms with van der Waals surface area (Å²) in [4.78, 5) is 38.2. The van der Waals surface area contributed by atoms with E-state index in [4.69, 9.17) is 14.2 Å². The fourth-order valence-electron chi connectivity index (χ4n) is 9.43. The average molecular weight is 1040 g/mol. The van der Waals surface area contributed by atoms with E-state index in [-0.39, 0.29) is 31.1 Å². The van der Waals surface area contributed by atoms with Crippen LogP contribution in [0.4, 0.5) is 0 Å². The number of hydrogen-bond acceptors (Lipinski definition) is 6. The number of ether oxygens (including phenoxy) is 3. The molecule has 0 bridgehead atoms. The third-order valence-electron chi connectivity index (χ3n) is 14.3. The van der Waals surface area contributed by atoms with Crippen LogP contribution < -0.4 is 0 Å². The molecule has 0 spiro atoms. The highest BCUT2D eigenvalue weighted by Gasteiger charge is 2.19. The molecule has 1 unspecified atom stereocenters. The fraction of sp³-hybridized carbons (Fsp3) is 0.809. The van der Waals surface area contributed by atoms with E-state index in [9.17, 15) is 14.4 Å². The van der Waals surface area contributed by atoms with Gasteiger partial charge in [0.1, 0.15) is 13.2 Å². The Morgan fingerprint density at radius 1 is 0.284 bits per heavy atom. The lowest BCUT2D eigenvalue weighted by Gasteiger charge is -2.18. The van der Waals surface area contributed by atoms with Crippen molar-refractivity contribution in [2.75, 3.05) is 13.2 Å². The number of esters is 3. The number of hydrogen-bond donors (Lipinski definition) is 0. The zero-order chi connectivity index (χ0) is 53.6. The summed E-state index contributed by atoms with van der Waals surface area (Å²) in [6.07, 6.45) is 79.5. The number of allylic oxidation sites excluding steroid dienone is 10. The molecule has 0 aliphatic carbocycles. The zero-order valence-electron chi connectivity index (χ0n) is 49.4. The molecule has 0 amide bonds. The number of rotatable bonds is 59. The summed E-state index contributed by atoms with van der Waals surface area (Å²) in [5, 5.41) is 0. The lowest BCUT2D eigenvalue weighted by Crippen LogP contribution is -2.30. The topological polar surface area (TPSA) is 78.9 Å². The van der Waals surface area contributed by atoms with Gasteiger partial charge in [0.15, 0.2) is 6.10 Å². The molecular formula is C68H122O6. The number of carbonyl (C=O) groups excluding carboxylic acids is 3. The molecule has 0 aromatic heterocycles. The van der Waals surface area contributed by atoms with E-state index in [2.05, 4.69) is 81.5 Å². The highest BCUT2D eigenvalue weighted by Crippen LogP contribution is 2.17. The van der Waals surface area contributed by atoms with Gasteiger partial charge in [0.25, 0.3) is 0 Å². The summed E-state index contributed by atoms with van der Waals surface area (Å²) < 4.78 is 16.9. The van der Waals surface area contributed by atoms with E-state index in [1.165, 1.54) is 212 Å². The molecule has 0 fully saturated rings. The van der Waals surface area contributed by atoms with E-state index in [0.29, 0.717) is 19.3 Å². The van der Waals surface area contributed by atoms with Crippen molar-refractivity contribution in [1.29, 1.82) is 0 Å². The highest BCUT2D eigenvalue weighted by atomic mass is 16.6. The molecule has 6 heteroatoms. The first-order valence-corrected chi connectivity index (χ1v) is 32.3. The van der Waals surface area contributed by atoms with Crippen molar-refractivity contribution < 1.29 is 28.6 Å². The van der Waals surface area contributed by atoms with Gasteiger partial charge in [-0.2, -0.15) is 0 Å². The summed E-state index contributed by atoms with van der Waals surface area (Å²) in [7, 11) is 0. The lowest BCUT2D eigenvalue weighted by atomic mass is 10.0. The molecule has 0 aromatic carbocycles. The van der Waals surface area contributed by atoms with Crippen LogP contribution in [-0.4, -0.2) is 37.2 Å². The van der Waals surface area contributed by atoms with E-state index in [0.717, 1.165) is 83.5 Å². The fourth-order valence-corrected chi connectivity index (χ4v) is 9.43. The smallest absolute Gasteiger partial charge is 0.306 e. The normalized spacial score (nSPS) is 12.4. The third kappa shape index (κ3) is 60.0. The van der Waals surface area contributed by atoms with E-state index >= 15 is 0 Å². The minimum absolute atomic E-state index is 0.0710. The Kier molecular flexibility index (Phi) is 60.2. The van der Waals surface area contributed by atoms with Crippen LogP contribution >= 0.6 is 0 Å². The van der Waals surface area contributed by atoms with Crippen LogP contribution in [0.25, 0.3) is 0 Å². The zero-order valence-corrected chi connectivity index (χ0v) is 49.4. The molecule has 0 N–H and O–H groups in total. The molecule has 0 aliphatic heterocycles. The Labute approximate surface area is 460 Å². The summed E-state index contributed by atoms with van der Waals surface area (Å²) >= 11 is 0.